The summed E-state index contributed by atoms with van der Waals surface area (Å²) in [6.45, 7) is 2.41. The molecule has 0 heterocycles. The quantitative estimate of drug-likeness (QED) is 0.819. The molecule has 0 aromatic carbocycles. The molecule has 2 nitrogen and oxygen atoms in total. The van der Waals surface area contributed by atoms with Gasteiger partial charge < -0.3 is 5.73 Å². The van der Waals surface area contributed by atoms with Crippen molar-refractivity contribution in [1.29, 1.82) is 0 Å². The number of carbonyl (C=O) groups is 1. The Bertz CT molecular complexity index is 522. The highest BCUT2D eigenvalue weighted by Crippen LogP contribution is 2.72. The largest absolute Gasteiger partial charge is 0.369 e. The van der Waals surface area contributed by atoms with Gasteiger partial charge >= 0.3 is 0 Å². The fourth-order valence-electron chi connectivity index (χ4n) is 6.73. The van der Waals surface area contributed by atoms with Gasteiger partial charge in [-0.25, -0.2) is 0 Å². The Labute approximate surface area is 121 Å². The molecule has 2 heteroatoms. The molecule has 2 N–H and O–H groups in total. The maximum absolute atomic E-state index is 12.2. The number of primary amides is 1. The Morgan fingerprint density at radius 1 is 1.15 bits per heavy atom. The van der Waals surface area contributed by atoms with Crippen LogP contribution < -0.4 is 5.73 Å². The molecule has 108 valence electrons. The minimum absolute atomic E-state index is 0.0208. The van der Waals surface area contributed by atoms with Crippen LogP contribution in [0.2, 0.25) is 0 Å². The van der Waals surface area contributed by atoms with Crippen molar-refractivity contribution in [1.82, 2.24) is 0 Å². The molecule has 3 unspecified atom stereocenters. The Kier molecular flexibility index (Phi) is 2.39. The normalized spacial score (nSPS) is 52.5. The van der Waals surface area contributed by atoms with Gasteiger partial charge in [0.1, 0.15) is 0 Å². The number of hydrogen-bond donors (Lipinski definition) is 1. The lowest BCUT2D eigenvalue weighted by molar-refractivity contribution is -0.178. The molecule has 0 radical (unpaired) electrons. The van der Waals surface area contributed by atoms with E-state index in [0.717, 1.165) is 31.6 Å². The van der Waals surface area contributed by atoms with Gasteiger partial charge in [0.15, 0.2) is 0 Å². The van der Waals surface area contributed by atoms with Gasteiger partial charge in [-0.2, -0.15) is 0 Å². The molecule has 5 rings (SSSR count). The van der Waals surface area contributed by atoms with E-state index in [1.54, 1.807) is 0 Å². The second-order valence-corrected chi connectivity index (χ2v) is 8.48. The number of amides is 1. The zero-order valence-electron chi connectivity index (χ0n) is 12.4. The molecule has 5 aliphatic rings. The number of nitrogens with two attached hydrogens (primary N) is 1. The van der Waals surface area contributed by atoms with Crippen molar-refractivity contribution >= 4 is 5.91 Å². The van der Waals surface area contributed by atoms with Crippen LogP contribution in [-0.4, -0.2) is 5.91 Å². The van der Waals surface area contributed by atoms with Crippen LogP contribution in [0.3, 0.4) is 0 Å². The molecule has 4 bridgehead atoms. The molecule has 1 amide bonds. The second-order valence-electron chi connectivity index (χ2n) is 8.48. The summed E-state index contributed by atoms with van der Waals surface area (Å²) in [5.74, 6) is 1.32. The molecular weight excluding hydrogens is 246 g/mol. The first kappa shape index (κ1) is 12.7. The van der Waals surface area contributed by atoms with Crippen molar-refractivity contribution in [2.45, 2.75) is 51.9 Å². The van der Waals surface area contributed by atoms with E-state index in [1.165, 1.54) is 19.3 Å². The van der Waals surface area contributed by atoms with Crippen LogP contribution in [0.5, 0.6) is 0 Å². The van der Waals surface area contributed by atoms with E-state index in [-0.39, 0.29) is 11.3 Å². The monoisotopic (exact) mass is 271 g/mol. The molecule has 4 saturated carbocycles. The van der Waals surface area contributed by atoms with Crippen LogP contribution in [0.25, 0.3) is 0 Å². The van der Waals surface area contributed by atoms with Crippen molar-refractivity contribution in [2.24, 2.45) is 33.8 Å². The van der Waals surface area contributed by atoms with Crippen LogP contribution in [-0.2, 0) is 4.79 Å². The average Bonchev–Trinajstić information content (AvgIpc) is 2.37. The van der Waals surface area contributed by atoms with Crippen LogP contribution in [0, 0.1) is 28.1 Å². The third-order valence-electron chi connectivity index (χ3n) is 6.68. The topological polar surface area (TPSA) is 43.1 Å². The number of rotatable bonds is 2. The fraction of sp³-hybridized carbons (Fsp3) is 0.722. The molecule has 20 heavy (non-hydrogen) atoms. The molecule has 5 aliphatic carbocycles. The van der Waals surface area contributed by atoms with Crippen LogP contribution >= 0.6 is 0 Å². The summed E-state index contributed by atoms with van der Waals surface area (Å²) in [6, 6.07) is 0. The van der Waals surface area contributed by atoms with Crippen LogP contribution in [0.4, 0.5) is 0 Å². The predicted octanol–water partition coefficient (Wildman–Crippen LogP) is 3.58. The summed E-state index contributed by atoms with van der Waals surface area (Å²) < 4.78 is 0. The molecule has 0 aromatic rings. The highest BCUT2D eigenvalue weighted by molar-refractivity contribution is 5.81. The molecule has 0 aromatic heterocycles. The van der Waals surface area contributed by atoms with Gasteiger partial charge in [-0.1, -0.05) is 31.2 Å². The van der Waals surface area contributed by atoms with Crippen molar-refractivity contribution in [3.63, 3.8) is 0 Å². The first-order valence-corrected chi connectivity index (χ1v) is 8.09. The van der Waals surface area contributed by atoms with Gasteiger partial charge in [0.05, 0.1) is 5.41 Å². The highest BCUT2D eigenvalue weighted by Gasteiger charge is 2.64. The summed E-state index contributed by atoms with van der Waals surface area (Å²) in [7, 11) is 0. The van der Waals surface area contributed by atoms with E-state index in [4.69, 9.17) is 5.73 Å². The highest BCUT2D eigenvalue weighted by atomic mass is 16.1. The third-order valence-corrected chi connectivity index (χ3v) is 6.68. The standard InChI is InChI=1S/C18H25NO/c1-16-7-13-8-17(10-16,14-5-3-2-4-6-14)12-18(9-13,11-16)15(19)20/h2-5,13-14H,6-12H2,1H3,(H2,19,20)/t13?,14?,16-,17-,18?/m1/s1. The van der Waals surface area contributed by atoms with Crippen LogP contribution in [0.1, 0.15) is 51.9 Å². The molecular formula is C18H25NO. The fourth-order valence-corrected chi connectivity index (χ4v) is 6.73. The summed E-state index contributed by atoms with van der Waals surface area (Å²) in [4.78, 5) is 12.2. The lowest BCUT2D eigenvalue weighted by atomic mass is 9.37. The maximum Gasteiger partial charge on any atom is 0.223 e. The van der Waals surface area contributed by atoms with Crippen molar-refractivity contribution in [2.75, 3.05) is 0 Å². The van der Waals surface area contributed by atoms with Crippen LogP contribution in [0.15, 0.2) is 24.3 Å². The Morgan fingerprint density at radius 2 is 2.00 bits per heavy atom. The smallest absolute Gasteiger partial charge is 0.223 e. The first-order valence-electron chi connectivity index (χ1n) is 8.09. The van der Waals surface area contributed by atoms with E-state index >= 15 is 0 Å². The second kappa shape index (κ2) is 3.78. The van der Waals surface area contributed by atoms with Crippen molar-refractivity contribution < 1.29 is 4.79 Å². The van der Waals surface area contributed by atoms with Gasteiger partial charge in [-0.3, -0.25) is 4.79 Å². The van der Waals surface area contributed by atoms with Crippen molar-refractivity contribution in [3.8, 4) is 0 Å². The minimum atomic E-state index is -0.191. The summed E-state index contributed by atoms with van der Waals surface area (Å²) in [5, 5.41) is 0. The van der Waals surface area contributed by atoms with Gasteiger partial charge in [0.25, 0.3) is 0 Å². The van der Waals surface area contributed by atoms with Gasteiger partial charge in [-0.05, 0) is 67.6 Å². The molecule has 0 saturated heterocycles. The molecule has 0 spiro atoms. The van der Waals surface area contributed by atoms with E-state index in [2.05, 4.69) is 31.2 Å². The minimum Gasteiger partial charge on any atom is -0.369 e. The maximum atomic E-state index is 12.2. The lowest BCUT2D eigenvalue weighted by Crippen LogP contribution is -2.61. The summed E-state index contributed by atoms with van der Waals surface area (Å²) >= 11 is 0. The SMILES string of the molecule is C[C@]12CC3CC(C(N)=O)(C1)C[C@@](C1C=CC=CC1)(C3)C2. The number of carbonyl (C=O) groups excluding carboxylic acids is 1. The number of hydrogen-bond acceptors (Lipinski definition) is 1. The molecule has 0 aliphatic heterocycles. The van der Waals surface area contributed by atoms with Gasteiger partial charge in [0.2, 0.25) is 5.91 Å². The Balaban J connectivity index is 1.76. The van der Waals surface area contributed by atoms with Gasteiger partial charge in [-0.15, -0.1) is 0 Å². The first-order chi connectivity index (χ1) is 9.46. The van der Waals surface area contributed by atoms with E-state index < -0.39 is 0 Å². The van der Waals surface area contributed by atoms with E-state index in [9.17, 15) is 4.79 Å². The molecule has 5 atom stereocenters. The van der Waals surface area contributed by atoms with Crippen molar-refractivity contribution in [3.05, 3.63) is 24.3 Å². The third kappa shape index (κ3) is 1.60. The Hall–Kier alpha value is -1.05. The zero-order valence-corrected chi connectivity index (χ0v) is 12.4. The molecule has 4 fully saturated rings. The predicted molar refractivity (Wildman–Crippen MR) is 79.7 cm³/mol. The summed E-state index contributed by atoms with van der Waals surface area (Å²) in [6.07, 6.45) is 17.3. The van der Waals surface area contributed by atoms with E-state index in [0.29, 0.717) is 16.7 Å². The number of allylic oxidation sites excluding steroid dienone is 4. The Morgan fingerprint density at radius 3 is 2.65 bits per heavy atom. The van der Waals surface area contributed by atoms with E-state index in [1.807, 2.05) is 0 Å². The summed E-state index contributed by atoms with van der Waals surface area (Å²) in [5.41, 5.74) is 6.37. The average molecular weight is 271 g/mol. The van der Waals surface area contributed by atoms with Gasteiger partial charge in [0, 0.05) is 0 Å². The lowest BCUT2D eigenvalue weighted by Gasteiger charge is -2.66. The zero-order chi connectivity index (χ0) is 14.0.